The summed E-state index contributed by atoms with van der Waals surface area (Å²) in [6.07, 6.45) is 2.91. The first-order valence-corrected chi connectivity index (χ1v) is 7.24. The van der Waals surface area contributed by atoms with E-state index in [4.69, 9.17) is 0 Å². The molecule has 1 aromatic carbocycles. The van der Waals surface area contributed by atoms with Gasteiger partial charge in [0, 0.05) is 5.69 Å². The molecule has 0 unspecified atom stereocenters. The predicted molar refractivity (Wildman–Crippen MR) is 79.3 cm³/mol. The van der Waals surface area contributed by atoms with Crippen LogP contribution in [0.25, 0.3) is 0 Å². The van der Waals surface area contributed by atoms with Gasteiger partial charge in [-0.05, 0) is 49.9 Å². The SMILES string of the molecule is Cc1cc(NC(=O)[C@@H]2CCCC[C@@H]2C(=O)O)c(C)cc1O. The number of carboxylic acids is 1. The first-order valence-electron chi connectivity index (χ1n) is 7.24. The molecule has 0 saturated heterocycles. The Morgan fingerprint density at radius 2 is 1.71 bits per heavy atom. The summed E-state index contributed by atoms with van der Waals surface area (Å²) in [7, 11) is 0. The van der Waals surface area contributed by atoms with Crippen LogP contribution in [0.4, 0.5) is 5.69 Å². The molecular formula is C16H21NO4. The maximum absolute atomic E-state index is 12.4. The summed E-state index contributed by atoms with van der Waals surface area (Å²) in [5.41, 5.74) is 2.06. The van der Waals surface area contributed by atoms with Crippen LogP contribution in [-0.2, 0) is 9.59 Å². The Balaban J connectivity index is 2.17. The standard InChI is InChI=1S/C16H21NO4/c1-9-8-14(18)10(2)7-13(9)17-15(19)11-5-3-4-6-12(11)16(20)21/h7-8,11-12,18H,3-6H2,1-2H3,(H,17,19)(H,20,21)/t11-,12+/m1/s1. The fourth-order valence-electron chi connectivity index (χ4n) is 2.90. The summed E-state index contributed by atoms with van der Waals surface area (Å²) in [5.74, 6) is -2.03. The molecule has 0 aliphatic heterocycles. The van der Waals surface area contributed by atoms with Crippen LogP contribution in [0.5, 0.6) is 5.75 Å². The van der Waals surface area contributed by atoms with Crippen molar-refractivity contribution in [3.8, 4) is 5.75 Å². The molecule has 1 aliphatic carbocycles. The van der Waals surface area contributed by atoms with Crippen molar-refractivity contribution in [2.24, 2.45) is 11.8 Å². The summed E-state index contributed by atoms with van der Waals surface area (Å²) >= 11 is 0. The summed E-state index contributed by atoms with van der Waals surface area (Å²) in [4.78, 5) is 23.7. The lowest BCUT2D eigenvalue weighted by Gasteiger charge is -2.27. The van der Waals surface area contributed by atoms with Crippen molar-refractivity contribution in [3.63, 3.8) is 0 Å². The van der Waals surface area contributed by atoms with E-state index in [-0.39, 0.29) is 11.7 Å². The van der Waals surface area contributed by atoms with E-state index < -0.39 is 17.8 Å². The monoisotopic (exact) mass is 291 g/mol. The van der Waals surface area contributed by atoms with Crippen LogP contribution in [-0.4, -0.2) is 22.1 Å². The van der Waals surface area contributed by atoms with E-state index in [1.165, 1.54) is 0 Å². The van der Waals surface area contributed by atoms with E-state index in [0.29, 0.717) is 24.1 Å². The van der Waals surface area contributed by atoms with Gasteiger partial charge in [0.15, 0.2) is 0 Å². The largest absolute Gasteiger partial charge is 0.508 e. The average Bonchev–Trinajstić information content (AvgIpc) is 2.44. The third-order valence-electron chi connectivity index (χ3n) is 4.22. The van der Waals surface area contributed by atoms with Gasteiger partial charge in [-0.25, -0.2) is 0 Å². The first-order chi connectivity index (χ1) is 9.90. The molecule has 2 rings (SSSR count). The highest BCUT2D eigenvalue weighted by molar-refractivity contribution is 5.96. The van der Waals surface area contributed by atoms with Gasteiger partial charge in [0.05, 0.1) is 11.8 Å². The van der Waals surface area contributed by atoms with Crippen molar-refractivity contribution < 1.29 is 19.8 Å². The van der Waals surface area contributed by atoms with Gasteiger partial charge in [-0.2, -0.15) is 0 Å². The van der Waals surface area contributed by atoms with Crippen LogP contribution >= 0.6 is 0 Å². The molecule has 114 valence electrons. The van der Waals surface area contributed by atoms with Crippen LogP contribution in [0.2, 0.25) is 0 Å². The number of hydrogen-bond donors (Lipinski definition) is 3. The lowest BCUT2D eigenvalue weighted by Crippen LogP contribution is -2.36. The molecule has 0 bridgehead atoms. The van der Waals surface area contributed by atoms with Crippen molar-refractivity contribution in [1.29, 1.82) is 0 Å². The van der Waals surface area contributed by atoms with E-state index >= 15 is 0 Å². The quantitative estimate of drug-likeness (QED) is 0.747. The lowest BCUT2D eigenvalue weighted by atomic mass is 9.78. The fourth-order valence-corrected chi connectivity index (χ4v) is 2.90. The second kappa shape index (κ2) is 6.16. The highest BCUT2D eigenvalue weighted by Crippen LogP contribution is 2.32. The highest BCUT2D eigenvalue weighted by atomic mass is 16.4. The number of aliphatic carboxylic acids is 1. The number of aryl methyl sites for hydroxylation is 2. The Morgan fingerprint density at radius 1 is 1.10 bits per heavy atom. The van der Waals surface area contributed by atoms with Gasteiger partial charge < -0.3 is 15.5 Å². The molecule has 3 N–H and O–H groups in total. The maximum atomic E-state index is 12.4. The van der Waals surface area contributed by atoms with Crippen LogP contribution in [0.15, 0.2) is 12.1 Å². The summed E-state index contributed by atoms with van der Waals surface area (Å²) < 4.78 is 0. The van der Waals surface area contributed by atoms with Crippen molar-refractivity contribution in [2.45, 2.75) is 39.5 Å². The van der Waals surface area contributed by atoms with Gasteiger partial charge in [-0.3, -0.25) is 9.59 Å². The molecule has 1 aromatic rings. The molecule has 0 heterocycles. The molecule has 0 radical (unpaired) electrons. The molecule has 21 heavy (non-hydrogen) atoms. The third kappa shape index (κ3) is 3.35. The number of carbonyl (C=O) groups is 2. The van der Waals surface area contributed by atoms with Crippen molar-refractivity contribution in [1.82, 2.24) is 0 Å². The zero-order valence-electron chi connectivity index (χ0n) is 12.3. The Morgan fingerprint density at radius 3 is 2.33 bits per heavy atom. The third-order valence-corrected chi connectivity index (χ3v) is 4.22. The molecule has 2 atom stereocenters. The van der Waals surface area contributed by atoms with Gasteiger partial charge in [0.1, 0.15) is 5.75 Å². The molecule has 1 aliphatic rings. The number of rotatable bonds is 3. The van der Waals surface area contributed by atoms with Gasteiger partial charge in [-0.1, -0.05) is 12.8 Å². The molecule has 1 fully saturated rings. The molecule has 0 spiro atoms. The molecule has 1 saturated carbocycles. The summed E-state index contributed by atoms with van der Waals surface area (Å²) in [6, 6.07) is 3.31. The molecule has 5 heteroatoms. The number of benzene rings is 1. The van der Waals surface area contributed by atoms with E-state index in [1.54, 1.807) is 26.0 Å². The van der Waals surface area contributed by atoms with Crippen LogP contribution in [0.1, 0.15) is 36.8 Å². The zero-order valence-corrected chi connectivity index (χ0v) is 12.3. The van der Waals surface area contributed by atoms with E-state index in [2.05, 4.69) is 5.32 Å². The minimum atomic E-state index is -0.895. The lowest BCUT2D eigenvalue weighted by molar-refractivity contribution is -0.147. The normalized spacial score (nSPS) is 21.8. The molecular weight excluding hydrogens is 270 g/mol. The van der Waals surface area contributed by atoms with Crippen LogP contribution in [0, 0.1) is 25.7 Å². The number of amides is 1. The number of nitrogens with one attached hydrogen (secondary N) is 1. The smallest absolute Gasteiger partial charge is 0.307 e. The topological polar surface area (TPSA) is 86.6 Å². The average molecular weight is 291 g/mol. The second-order valence-electron chi connectivity index (χ2n) is 5.78. The predicted octanol–water partition coefficient (Wildman–Crippen LogP) is 2.84. The van der Waals surface area contributed by atoms with Gasteiger partial charge in [-0.15, -0.1) is 0 Å². The first kappa shape index (κ1) is 15.4. The van der Waals surface area contributed by atoms with Crippen molar-refractivity contribution in [2.75, 3.05) is 5.32 Å². The highest BCUT2D eigenvalue weighted by Gasteiger charge is 2.35. The minimum Gasteiger partial charge on any atom is -0.508 e. The molecule has 5 nitrogen and oxygen atoms in total. The Bertz CT molecular complexity index is 568. The Kier molecular flexibility index (Phi) is 4.50. The van der Waals surface area contributed by atoms with E-state index in [1.807, 2.05) is 0 Å². The zero-order chi connectivity index (χ0) is 15.6. The summed E-state index contributed by atoms with van der Waals surface area (Å²) in [6.45, 7) is 3.55. The Labute approximate surface area is 124 Å². The van der Waals surface area contributed by atoms with Crippen LogP contribution < -0.4 is 5.32 Å². The van der Waals surface area contributed by atoms with Gasteiger partial charge in [0.2, 0.25) is 5.91 Å². The van der Waals surface area contributed by atoms with Gasteiger partial charge in [0.25, 0.3) is 0 Å². The van der Waals surface area contributed by atoms with E-state index in [0.717, 1.165) is 18.4 Å². The number of phenolic OH excluding ortho intramolecular Hbond substituents is 1. The number of anilines is 1. The van der Waals surface area contributed by atoms with Crippen molar-refractivity contribution in [3.05, 3.63) is 23.3 Å². The number of carbonyl (C=O) groups excluding carboxylic acids is 1. The Hall–Kier alpha value is -2.04. The molecule has 0 aromatic heterocycles. The fraction of sp³-hybridized carbons (Fsp3) is 0.500. The number of carboxylic acid groups (broad SMARTS) is 1. The number of aromatic hydroxyl groups is 1. The summed E-state index contributed by atoms with van der Waals surface area (Å²) in [5, 5.41) is 21.7. The van der Waals surface area contributed by atoms with Crippen LogP contribution in [0.3, 0.4) is 0 Å². The minimum absolute atomic E-state index is 0.187. The van der Waals surface area contributed by atoms with E-state index in [9.17, 15) is 19.8 Å². The molecule has 1 amide bonds. The maximum Gasteiger partial charge on any atom is 0.307 e. The number of phenols is 1. The van der Waals surface area contributed by atoms with Crippen molar-refractivity contribution >= 4 is 17.6 Å². The second-order valence-corrected chi connectivity index (χ2v) is 5.78. The van der Waals surface area contributed by atoms with Gasteiger partial charge >= 0.3 is 5.97 Å². The number of hydrogen-bond acceptors (Lipinski definition) is 3.